The maximum atomic E-state index is 12.6. The summed E-state index contributed by atoms with van der Waals surface area (Å²) in [6, 6.07) is 4.01. The standard InChI is InChI=1S/C22H35N3O3/c1-3-25-14-10-22(11-15-25)20(27)21(2,12-16-28-22)24-19(26)9-5-4-7-18-8-6-13-23-17-18/h6,8,13,17,20,27H,3-5,7,9-12,14-16H2,1-2H3,(H,24,26)/t20-,21+/m1/s1. The van der Waals surface area contributed by atoms with Crippen LogP contribution in [0.4, 0.5) is 0 Å². The van der Waals surface area contributed by atoms with Crippen molar-refractivity contribution in [3.05, 3.63) is 30.1 Å². The van der Waals surface area contributed by atoms with Crippen molar-refractivity contribution in [2.24, 2.45) is 0 Å². The Kier molecular flexibility index (Phi) is 7.07. The number of aliphatic hydroxyl groups excluding tert-OH is 1. The summed E-state index contributed by atoms with van der Waals surface area (Å²) in [6.07, 6.45) is 8.47. The Hall–Kier alpha value is -1.50. The van der Waals surface area contributed by atoms with Gasteiger partial charge in [0.05, 0.1) is 11.1 Å². The highest BCUT2D eigenvalue weighted by Gasteiger charge is 2.53. The smallest absolute Gasteiger partial charge is 0.220 e. The van der Waals surface area contributed by atoms with Crippen molar-refractivity contribution in [2.75, 3.05) is 26.2 Å². The number of carbonyl (C=O) groups is 1. The number of hydrogen-bond acceptors (Lipinski definition) is 5. The first-order chi connectivity index (χ1) is 13.5. The van der Waals surface area contributed by atoms with Gasteiger partial charge in [-0.15, -0.1) is 0 Å². The lowest BCUT2D eigenvalue weighted by Crippen LogP contribution is -2.69. The zero-order valence-corrected chi connectivity index (χ0v) is 17.3. The normalized spacial score (nSPS) is 27.6. The number of piperidine rings is 1. The Labute approximate surface area is 168 Å². The lowest BCUT2D eigenvalue weighted by atomic mass is 9.73. The van der Waals surface area contributed by atoms with E-state index >= 15 is 0 Å². The third-order valence-corrected chi connectivity index (χ3v) is 6.53. The van der Waals surface area contributed by atoms with Crippen LogP contribution in [-0.2, 0) is 16.0 Å². The van der Waals surface area contributed by atoms with Gasteiger partial charge in [0.1, 0.15) is 6.10 Å². The molecule has 0 radical (unpaired) electrons. The second kappa shape index (κ2) is 9.33. The number of hydrogen-bond donors (Lipinski definition) is 2. The quantitative estimate of drug-likeness (QED) is 0.700. The van der Waals surface area contributed by atoms with Gasteiger partial charge in [0.2, 0.25) is 5.91 Å². The molecule has 28 heavy (non-hydrogen) atoms. The van der Waals surface area contributed by atoms with Gasteiger partial charge in [0.25, 0.3) is 0 Å². The van der Waals surface area contributed by atoms with E-state index in [1.54, 1.807) is 6.20 Å². The zero-order chi connectivity index (χ0) is 20.0. The number of aliphatic hydroxyl groups is 1. The molecule has 2 fully saturated rings. The number of pyridine rings is 1. The lowest BCUT2D eigenvalue weighted by Gasteiger charge is -2.53. The molecule has 2 saturated heterocycles. The number of likely N-dealkylation sites (tertiary alicyclic amines) is 1. The molecule has 3 rings (SSSR count). The molecule has 1 amide bonds. The van der Waals surface area contributed by atoms with Crippen LogP contribution in [0, 0.1) is 0 Å². The Bertz CT molecular complexity index is 631. The topological polar surface area (TPSA) is 74.7 Å². The van der Waals surface area contributed by atoms with Gasteiger partial charge in [-0.2, -0.15) is 0 Å². The fourth-order valence-corrected chi connectivity index (χ4v) is 4.60. The number of aryl methyl sites for hydroxylation is 1. The van der Waals surface area contributed by atoms with E-state index in [0.717, 1.165) is 51.7 Å². The summed E-state index contributed by atoms with van der Waals surface area (Å²) in [4.78, 5) is 19.1. The van der Waals surface area contributed by atoms with Crippen molar-refractivity contribution in [1.29, 1.82) is 0 Å². The predicted octanol–water partition coefficient (Wildman–Crippen LogP) is 2.31. The molecule has 2 N–H and O–H groups in total. The van der Waals surface area contributed by atoms with Gasteiger partial charge in [-0.1, -0.05) is 13.0 Å². The maximum Gasteiger partial charge on any atom is 0.220 e. The highest BCUT2D eigenvalue weighted by molar-refractivity contribution is 5.76. The van der Waals surface area contributed by atoms with E-state index in [1.807, 2.05) is 19.2 Å². The molecule has 2 atom stereocenters. The average Bonchev–Trinajstić information content (AvgIpc) is 2.71. The largest absolute Gasteiger partial charge is 0.388 e. The number of nitrogens with one attached hydrogen (secondary N) is 1. The van der Waals surface area contributed by atoms with Crippen molar-refractivity contribution >= 4 is 5.91 Å². The summed E-state index contributed by atoms with van der Waals surface area (Å²) in [5, 5.41) is 14.3. The van der Waals surface area contributed by atoms with Crippen LogP contribution < -0.4 is 5.32 Å². The molecule has 6 nitrogen and oxygen atoms in total. The van der Waals surface area contributed by atoms with E-state index in [4.69, 9.17) is 4.74 Å². The van der Waals surface area contributed by atoms with Crippen LogP contribution >= 0.6 is 0 Å². The summed E-state index contributed by atoms with van der Waals surface area (Å²) in [6.45, 7) is 7.62. The Morgan fingerprint density at radius 3 is 2.82 bits per heavy atom. The number of nitrogens with zero attached hydrogens (tertiary/aromatic N) is 2. The third-order valence-electron chi connectivity index (χ3n) is 6.53. The second-order valence-corrected chi connectivity index (χ2v) is 8.53. The molecule has 156 valence electrons. The van der Waals surface area contributed by atoms with Gasteiger partial charge in [-0.05, 0) is 63.6 Å². The number of aromatic nitrogens is 1. The van der Waals surface area contributed by atoms with Gasteiger partial charge < -0.3 is 20.1 Å². The van der Waals surface area contributed by atoms with E-state index in [-0.39, 0.29) is 5.91 Å². The van der Waals surface area contributed by atoms with Crippen LogP contribution in [0.1, 0.15) is 57.9 Å². The number of amides is 1. The SMILES string of the molecule is CCN1CCC2(CC1)OCC[C@](C)(NC(=O)CCCCc1cccnc1)[C@H]2O. The van der Waals surface area contributed by atoms with Gasteiger partial charge in [0.15, 0.2) is 0 Å². The van der Waals surface area contributed by atoms with E-state index in [1.165, 1.54) is 5.56 Å². The molecule has 3 heterocycles. The first kappa shape index (κ1) is 21.2. The minimum atomic E-state index is -0.674. The van der Waals surface area contributed by atoms with Crippen LogP contribution in [0.5, 0.6) is 0 Å². The summed E-state index contributed by atoms with van der Waals surface area (Å²) < 4.78 is 6.10. The molecule has 0 unspecified atom stereocenters. The number of ether oxygens (including phenoxy) is 1. The molecular weight excluding hydrogens is 354 g/mol. The molecule has 1 aromatic heterocycles. The summed E-state index contributed by atoms with van der Waals surface area (Å²) in [5.41, 5.74) is 0.0642. The van der Waals surface area contributed by atoms with Gasteiger partial charge in [-0.25, -0.2) is 0 Å². The van der Waals surface area contributed by atoms with Crippen LogP contribution in [0.2, 0.25) is 0 Å². The third kappa shape index (κ3) is 4.91. The molecule has 0 aliphatic carbocycles. The molecule has 6 heteroatoms. The summed E-state index contributed by atoms with van der Waals surface area (Å²) in [5.74, 6) is 0.0239. The highest BCUT2D eigenvalue weighted by atomic mass is 16.5. The maximum absolute atomic E-state index is 12.6. The predicted molar refractivity (Wildman–Crippen MR) is 109 cm³/mol. The van der Waals surface area contributed by atoms with Crippen molar-refractivity contribution in [3.8, 4) is 0 Å². The van der Waals surface area contributed by atoms with Crippen LogP contribution in [0.3, 0.4) is 0 Å². The fourth-order valence-electron chi connectivity index (χ4n) is 4.60. The second-order valence-electron chi connectivity index (χ2n) is 8.53. The first-order valence-electron chi connectivity index (χ1n) is 10.7. The van der Waals surface area contributed by atoms with Crippen molar-refractivity contribution in [3.63, 3.8) is 0 Å². The Balaban J connectivity index is 1.48. The van der Waals surface area contributed by atoms with Crippen molar-refractivity contribution in [1.82, 2.24) is 15.2 Å². The van der Waals surface area contributed by atoms with Gasteiger partial charge >= 0.3 is 0 Å². The van der Waals surface area contributed by atoms with E-state index in [0.29, 0.717) is 19.4 Å². The minimum absolute atomic E-state index is 0.0239. The first-order valence-corrected chi connectivity index (χ1v) is 10.7. The Morgan fingerprint density at radius 1 is 1.36 bits per heavy atom. The van der Waals surface area contributed by atoms with E-state index < -0.39 is 17.2 Å². The summed E-state index contributed by atoms with van der Waals surface area (Å²) in [7, 11) is 0. The minimum Gasteiger partial charge on any atom is -0.388 e. The average molecular weight is 390 g/mol. The molecular formula is C22H35N3O3. The van der Waals surface area contributed by atoms with Crippen LogP contribution in [0.15, 0.2) is 24.5 Å². The van der Waals surface area contributed by atoms with E-state index in [2.05, 4.69) is 28.2 Å². The number of rotatable bonds is 7. The number of unbranched alkanes of at least 4 members (excludes halogenated alkanes) is 1. The fraction of sp³-hybridized carbons (Fsp3) is 0.727. The molecule has 2 aliphatic rings. The van der Waals surface area contributed by atoms with Crippen molar-refractivity contribution in [2.45, 2.75) is 76.0 Å². The van der Waals surface area contributed by atoms with E-state index in [9.17, 15) is 9.90 Å². The van der Waals surface area contributed by atoms with Crippen molar-refractivity contribution < 1.29 is 14.6 Å². The van der Waals surface area contributed by atoms with Gasteiger partial charge in [0, 0.05) is 38.5 Å². The van der Waals surface area contributed by atoms with Crippen LogP contribution in [-0.4, -0.2) is 64.4 Å². The molecule has 2 aliphatic heterocycles. The lowest BCUT2D eigenvalue weighted by molar-refractivity contribution is -0.207. The molecule has 0 aromatic carbocycles. The monoisotopic (exact) mass is 389 g/mol. The highest BCUT2D eigenvalue weighted by Crippen LogP contribution is 2.39. The molecule has 1 spiro atoms. The Morgan fingerprint density at radius 2 is 2.14 bits per heavy atom. The molecule has 1 aromatic rings. The molecule has 0 saturated carbocycles. The number of carbonyl (C=O) groups excluding carboxylic acids is 1. The molecule has 0 bridgehead atoms. The summed E-state index contributed by atoms with van der Waals surface area (Å²) >= 11 is 0. The van der Waals surface area contributed by atoms with Gasteiger partial charge in [-0.3, -0.25) is 9.78 Å². The van der Waals surface area contributed by atoms with Crippen LogP contribution in [0.25, 0.3) is 0 Å². The zero-order valence-electron chi connectivity index (χ0n) is 17.3.